The molecule has 1 aliphatic rings. The van der Waals surface area contributed by atoms with Crippen molar-refractivity contribution in [1.29, 1.82) is 0 Å². The topological polar surface area (TPSA) is 58.4 Å². The molecule has 1 aromatic rings. The van der Waals surface area contributed by atoms with E-state index in [0.29, 0.717) is 18.8 Å². The van der Waals surface area contributed by atoms with Gasteiger partial charge < -0.3 is 16.0 Å². The molecule has 5 heteroatoms. The molecule has 20 heavy (non-hydrogen) atoms. The third kappa shape index (κ3) is 3.10. The minimum absolute atomic E-state index is 0.192. The molecule has 1 aliphatic heterocycles. The normalized spacial score (nSPS) is 22.9. The number of carbonyl (C=O) groups is 1. The average Bonchev–Trinajstić information content (AvgIpc) is 2.40. The van der Waals surface area contributed by atoms with Crippen LogP contribution in [0, 0.1) is 11.7 Å². The summed E-state index contributed by atoms with van der Waals surface area (Å²) >= 11 is 0. The first-order chi connectivity index (χ1) is 9.52. The highest BCUT2D eigenvalue weighted by Gasteiger charge is 2.30. The summed E-state index contributed by atoms with van der Waals surface area (Å²) in [4.78, 5) is 13.3. The standard InChI is InChI=1S/C15H22FN3O/c1-10-3-5-12(15(17)20)9-19(10)14-6-4-11(8-18-2)7-13(14)16/h4,6-7,10,12,18H,3,5,8-9H2,1-2H3,(H2,17,20). The third-order valence-corrected chi connectivity index (χ3v) is 3.99. The van der Waals surface area contributed by atoms with Gasteiger partial charge >= 0.3 is 0 Å². The van der Waals surface area contributed by atoms with Crippen molar-refractivity contribution < 1.29 is 9.18 Å². The largest absolute Gasteiger partial charge is 0.369 e. The van der Waals surface area contributed by atoms with Crippen molar-refractivity contribution in [3.05, 3.63) is 29.6 Å². The summed E-state index contributed by atoms with van der Waals surface area (Å²) in [7, 11) is 1.83. The number of nitrogens with zero attached hydrogens (tertiary/aromatic N) is 1. The summed E-state index contributed by atoms with van der Waals surface area (Å²) in [5.41, 5.74) is 6.85. The number of carbonyl (C=O) groups excluding carboxylic acids is 1. The van der Waals surface area contributed by atoms with Gasteiger partial charge in [-0.1, -0.05) is 6.07 Å². The number of rotatable bonds is 4. The molecule has 1 fully saturated rings. The van der Waals surface area contributed by atoms with E-state index in [4.69, 9.17) is 5.73 Å². The predicted molar refractivity (Wildman–Crippen MR) is 77.9 cm³/mol. The number of benzene rings is 1. The van der Waals surface area contributed by atoms with E-state index >= 15 is 0 Å². The monoisotopic (exact) mass is 279 g/mol. The van der Waals surface area contributed by atoms with Gasteiger partial charge in [0.25, 0.3) is 0 Å². The molecular formula is C15H22FN3O. The number of hydrogen-bond acceptors (Lipinski definition) is 3. The fourth-order valence-corrected chi connectivity index (χ4v) is 2.77. The Morgan fingerprint density at radius 1 is 1.50 bits per heavy atom. The smallest absolute Gasteiger partial charge is 0.222 e. The Hall–Kier alpha value is -1.62. The molecule has 1 amide bonds. The number of primary amides is 1. The van der Waals surface area contributed by atoms with E-state index in [1.807, 2.05) is 18.0 Å². The van der Waals surface area contributed by atoms with Crippen LogP contribution in [-0.4, -0.2) is 25.5 Å². The van der Waals surface area contributed by atoms with E-state index in [1.54, 1.807) is 12.1 Å². The first-order valence-corrected chi connectivity index (χ1v) is 7.02. The fourth-order valence-electron chi connectivity index (χ4n) is 2.77. The van der Waals surface area contributed by atoms with Gasteiger partial charge in [0.15, 0.2) is 0 Å². The summed E-state index contributed by atoms with van der Waals surface area (Å²) in [5, 5.41) is 3.00. The fraction of sp³-hybridized carbons (Fsp3) is 0.533. The molecule has 1 aromatic carbocycles. The first kappa shape index (κ1) is 14.8. The van der Waals surface area contributed by atoms with Gasteiger partial charge in [0, 0.05) is 19.1 Å². The van der Waals surface area contributed by atoms with Gasteiger partial charge in [0.05, 0.1) is 11.6 Å². The highest BCUT2D eigenvalue weighted by molar-refractivity contribution is 5.77. The zero-order valence-electron chi connectivity index (χ0n) is 12.0. The van der Waals surface area contributed by atoms with E-state index in [1.165, 1.54) is 0 Å². The molecule has 0 spiro atoms. The van der Waals surface area contributed by atoms with Crippen LogP contribution in [0.5, 0.6) is 0 Å². The molecule has 110 valence electrons. The second-order valence-electron chi connectivity index (χ2n) is 5.49. The summed E-state index contributed by atoms with van der Waals surface area (Å²) in [6.45, 7) is 3.19. The van der Waals surface area contributed by atoms with Gasteiger partial charge in [-0.05, 0) is 44.5 Å². The van der Waals surface area contributed by atoms with Gasteiger partial charge in [-0.3, -0.25) is 4.79 Å². The zero-order chi connectivity index (χ0) is 14.7. The number of nitrogens with one attached hydrogen (secondary N) is 1. The molecule has 2 unspecified atom stereocenters. The molecule has 0 saturated carbocycles. The van der Waals surface area contributed by atoms with Crippen molar-refractivity contribution >= 4 is 11.6 Å². The van der Waals surface area contributed by atoms with Crippen molar-refractivity contribution in [3.63, 3.8) is 0 Å². The Balaban J connectivity index is 2.22. The van der Waals surface area contributed by atoms with Crippen LogP contribution >= 0.6 is 0 Å². The number of anilines is 1. The number of hydrogen-bond donors (Lipinski definition) is 2. The second-order valence-corrected chi connectivity index (χ2v) is 5.49. The molecule has 2 rings (SSSR count). The zero-order valence-corrected chi connectivity index (χ0v) is 12.0. The molecule has 0 aliphatic carbocycles. The molecular weight excluding hydrogens is 257 g/mol. The van der Waals surface area contributed by atoms with E-state index in [0.717, 1.165) is 18.4 Å². The van der Waals surface area contributed by atoms with Crippen LogP contribution in [0.3, 0.4) is 0 Å². The van der Waals surface area contributed by atoms with Gasteiger partial charge in [-0.2, -0.15) is 0 Å². The van der Waals surface area contributed by atoms with E-state index in [9.17, 15) is 9.18 Å². The Morgan fingerprint density at radius 3 is 2.85 bits per heavy atom. The lowest BCUT2D eigenvalue weighted by molar-refractivity contribution is -0.122. The quantitative estimate of drug-likeness (QED) is 0.881. The number of halogens is 1. The molecule has 0 bridgehead atoms. The number of nitrogens with two attached hydrogens (primary N) is 1. The second kappa shape index (κ2) is 6.22. The van der Waals surface area contributed by atoms with Crippen LogP contribution in [0.4, 0.5) is 10.1 Å². The maximum atomic E-state index is 14.3. The molecule has 0 radical (unpaired) electrons. The summed E-state index contributed by atoms with van der Waals surface area (Å²) in [6.07, 6.45) is 1.64. The van der Waals surface area contributed by atoms with Crippen molar-refractivity contribution in [2.75, 3.05) is 18.5 Å². The Morgan fingerprint density at radius 2 is 2.25 bits per heavy atom. The van der Waals surface area contributed by atoms with Gasteiger partial charge in [0.2, 0.25) is 5.91 Å². The van der Waals surface area contributed by atoms with E-state index < -0.39 is 0 Å². The minimum Gasteiger partial charge on any atom is -0.369 e. The van der Waals surface area contributed by atoms with Crippen molar-refractivity contribution in [3.8, 4) is 0 Å². The Bertz CT molecular complexity index is 492. The number of piperidine rings is 1. The predicted octanol–water partition coefficient (Wildman–Crippen LogP) is 1.64. The van der Waals surface area contributed by atoms with Crippen molar-refractivity contribution in [2.24, 2.45) is 11.7 Å². The van der Waals surface area contributed by atoms with E-state index in [-0.39, 0.29) is 23.7 Å². The lowest BCUT2D eigenvalue weighted by atomic mass is 9.92. The summed E-state index contributed by atoms with van der Waals surface area (Å²) in [6, 6.07) is 5.47. The van der Waals surface area contributed by atoms with Gasteiger partial charge in [0.1, 0.15) is 5.82 Å². The SMILES string of the molecule is CNCc1ccc(N2CC(C(N)=O)CCC2C)c(F)c1. The van der Waals surface area contributed by atoms with Crippen molar-refractivity contribution in [1.82, 2.24) is 5.32 Å². The summed E-state index contributed by atoms with van der Waals surface area (Å²) in [5.74, 6) is -0.730. The van der Waals surface area contributed by atoms with Crippen LogP contribution in [-0.2, 0) is 11.3 Å². The molecule has 1 heterocycles. The van der Waals surface area contributed by atoms with Crippen LogP contribution in [0.15, 0.2) is 18.2 Å². The van der Waals surface area contributed by atoms with Crippen LogP contribution in [0.25, 0.3) is 0 Å². The maximum Gasteiger partial charge on any atom is 0.222 e. The van der Waals surface area contributed by atoms with E-state index in [2.05, 4.69) is 12.2 Å². The Labute approximate surface area is 119 Å². The highest BCUT2D eigenvalue weighted by Crippen LogP contribution is 2.30. The van der Waals surface area contributed by atoms with Crippen LogP contribution in [0.2, 0.25) is 0 Å². The minimum atomic E-state index is -0.297. The average molecular weight is 279 g/mol. The Kier molecular flexibility index (Phi) is 4.60. The maximum absolute atomic E-state index is 14.3. The lowest BCUT2D eigenvalue weighted by Gasteiger charge is -2.38. The molecule has 0 aromatic heterocycles. The van der Waals surface area contributed by atoms with Crippen molar-refractivity contribution in [2.45, 2.75) is 32.4 Å². The molecule has 4 nitrogen and oxygen atoms in total. The lowest BCUT2D eigenvalue weighted by Crippen LogP contribution is -2.46. The van der Waals surface area contributed by atoms with Gasteiger partial charge in [-0.15, -0.1) is 0 Å². The van der Waals surface area contributed by atoms with Crippen LogP contribution < -0.4 is 16.0 Å². The summed E-state index contributed by atoms with van der Waals surface area (Å²) < 4.78 is 14.3. The molecule has 2 atom stereocenters. The molecule has 3 N–H and O–H groups in total. The third-order valence-electron chi connectivity index (χ3n) is 3.99. The van der Waals surface area contributed by atoms with Crippen LogP contribution in [0.1, 0.15) is 25.3 Å². The molecule has 1 saturated heterocycles. The highest BCUT2D eigenvalue weighted by atomic mass is 19.1. The first-order valence-electron chi connectivity index (χ1n) is 7.02. The number of amides is 1. The van der Waals surface area contributed by atoms with Gasteiger partial charge in [-0.25, -0.2) is 4.39 Å².